The predicted molar refractivity (Wildman–Crippen MR) is 128 cm³/mol. The molecule has 36 heavy (non-hydrogen) atoms. The number of carboxylic acid groups (broad SMARTS) is 1. The summed E-state index contributed by atoms with van der Waals surface area (Å²) in [5, 5.41) is 26.8. The van der Waals surface area contributed by atoms with Crippen LogP contribution in [-0.2, 0) is 4.79 Å². The highest BCUT2D eigenvalue weighted by atomic mass is 19.1. The first-order chi connectivity index (χ1) is 16.8. The van der Waals surface area contributed by atoms with Gasteiger partial charge in [0.05, 0.1) is 12.5 Å². The molecular formula is C26H29F2N3O5. The fourth-order valence-electron chi connectivity index (χ4n) is 3.19. The van der Waals surface area contributed by atoms with Gasteiger partial charge in [-0.25, -0.2) is 8.78 Å². The topological polar surface area (TPSA) is 114 Å². The molecule has 0 aliphatic heterocycles. The lowest BCUT2D eigenvalue weighted by Gasteiger charge is -2.36. The Hall–Kier alpha value is -3.79. The molecule has 2 atom stereocenters. The highest BCUT2D eigenvalue weighted by Crippen LogP contribution is 2.31. The van der Waals surface area contributed by atoms with Crippen LogP contribution in [0.2, 0.25) is 0 Å². The molecule has 0 aliphatic carbocycles. The van der Waals surface area contributed by atoms with Crippen molar-refractivity contribution in [2.75, 3.05) is 6.61 Å². The van der Waals surface area contributed by atoms with E-state index in [1.807, 2.05) is 20.8 Å². The van der Waals surface area contributed by atoms with Crippen molar-refractivity contribution in [3.05, 3.63) is 77.5 Å². The SMILES string of the molecule is CC(C)(C)[C@](C)(O)COc1cc(C(=O)N[C@@H](CC(=O)O)c2cccc(F)c2)nn1-c1ccccc1F. The molecule has 10 heteroatoms. The Morgan fingerprint density at radius 3 is 2.39 bits per heavy atom. The van der Waals surface area contributed by atoms with Crippen LogP contribution in [0.25, 0.3) is 5.69 Å². The first-order valence-corrected chi connectivity index (χ1v) is 11.3. The number of ether oxygens (including phenoxy) is 1. The third-order valence-electron chi connectivity index (χ3n) is 6.04. The summed E-state index contributed by atoms with van der Waals surface area (Å²) in [5.74, 6) is -3.18. The third-order valence-corrected chi connectivity index (χ3v) is 6.04. The Labute approximate surface area is 207 Å². The van der Waals surface area contributed by atoms with E-state index in [1.165, 1.54) is 42.5 Å². The molecule has 0 radical (unpaired) electrons. The number of para-hydroxylation sites is 1. The number of nitrogens with one attached hydrogen (secondary N) is 1. The van der Waals surface area contributed by atoms with Crippen LogP contribution < -0.4 is 10.1 Å². The normalized spacial score (nSPS) is 14.1. The van der Waals surface area contributed by atoms with Gasteiger partial charge < -0.3 is 20.3 Å². The predicted octanol–water partition coefficient (Wildman–Crippen LogP) is 4.27. The number of hydrogen-bond donors (Lipinski definition) is 3. The number of carbonyl (C=O) groups is 2. The summed E-state index contributed by atoms with van der Waals surface area (Å²) in [5.41, 5.74) is -1.74. The standard InChI is InChI=1S/C26H29F2N3O5/c1-25(2,3)26(4,35)15-36-22-13-20(30-31(22)21-11-6-5-10-18(21)28)24(34)29-19(14-23(32)33)16-8-7-9-17(27)12-16/h5-13,19,35H,14-15H2,1-4H3,(H,29,34)(H,32,33)/t19-,26+/m0/s1. The summed E-state index contributed by atoms with van der Waals surface area (Å²) < 4.78 is 35.2. The van der Waals surface area contributed by atoms with E-state index in [0.29, 0.717) is 0 Å². The van der Waals surface area contributed by atoms with Gasteiger partial charge in [-0.15, -0.1) is 0 Å². The van der Waals surface area contributed by atoms with Crippen molar-refractivity contribution in [1.82, 2.24) is 15.1 Å². The molecule has 1 aromatic heterocycles. The zero-order chi connectivity index (χ0) is 26.7. The van der Waals surface area contributed by atoms with Crippen LogP contribution in [-0.4, -0.2) is 44.1 Å². The molecule has 1 amide bonds. The van der Waals surface area contributed by atoms with Gasteiger partial charge in [-0.3, -0.25) is 9.59 Å². The van der Waals surface area contributed by atoms with Gasteiger partial charge in [0.2, 0.25) is 5.88 Å². The molecular weight excluding hydrogens is 472 g/mol. The minimum absolute atomic E-state index is 0.00434. The molecule has 0 unspecified atom stereocenters. The van der Waals surface area contributed by atoms with Gasteiger partial charge in [0, 0.05) is 6.07 Å². The number of halogens is 2. The van der Waals surface area contributed by atoms with E-state index in [-0.39, 0.29) is 29.4 Å². The summed E-state index contributed by atoms with van der Waals surface area (Å²) in [6.07, 6.45) is -0.499. The highest BCUT2D eigenvalue weighted by molar-refractivity contribution is 5.93. The average molecular weight is 502 g/mol. The molecule has 8 nitrogen and oxygen atoms in total. The number of aromatic nitrogens is 2. The number of rotatable bonds is 9. The number of carboxylic acids is 1. The maximum atomic E-state index is 14.6. The van der Waals surface area contributed by atoms with E-state index in [1.54, 1.807) is 13.0 Å². The van der Waals surface area contributed by atoms with Crippen molar-refractivity contribution in [2.24, 2.45) is 5.41 Å². The number of benzene rings is 2. The maximum Gasteiger partial charge on any atom is 0.305 e. The first-order valence-electron chi connectivity index (χ1n) is 11.3. The molecule has 0 aliphatic rings. The maximum absolute atomic E-state index is 14.6. The van der Waals surface area contributed by atoms with Crippen molar-refractivity contribution in [1.29, 1.82) is 0 Å². The van der Waals surface area contributed by atoms with Crippen LogP contribution in [0.5, 0.6) is 5.88 Å². The van der Waals surface area contributed by atoms with E-state index in [2.05, 4.69) is 10.4 Å². The van der Waals surface area contributed by atoms with Crippen LogP contribution in [0, 0.1) is 17.0 Å². The Balaban J connectivity index is 1.96. The minimum atomic E-state index is -1.27. The quantitative estimate of drug-likeness (QED) is 0.404. The lowest BCUT2D eigenvalue weighted by atomic mass is 9.78. The van der Waals surface area contributed by atoms with Crippen molar-refractivity contribution in [3.8, 4) is 11.6 Å². The van der Waals surface area contributed by atoms with E-state index in [4.69, 9.17) is 4.74 Å². The molecule has 0 saturated carbocycles. The zero-order valence-electron chi connectivity index (χ0n) is 20.5. The van der Waals surface area contributed by atoms with Gasteiger partial charge in [-0.05, 0) is 42.2 Å². The largest absolute Gasteiger partial charge is 0.481 e. The molecule has 0 spiro atoms. The van der Waals surface area contributed by atoms with Gasteiger partial charge in [-0.1, -0.05) is 45.0 Å². The second-order valence-electron chi connectivity index (χ2n) is 9.72. The Kier molecular flexibility index (Phi) is 7.78. The summed E-state index contributed by atoms with van der Waals surface area (Å²) in [6, 6.07) is 11.2. The van der Waals surface area contributed by atoms with E-state index in [0.717, 1.165) is 10.7 Å². The van der Waals surface area contributed by atoms with Gasteiger partial charge >= 0.3 is 5.97 Å². The van der Waals surface area contributed by atoms with Crippen LogP contribution >= 0.6 is 0 Å². The van der Waals surface area contributed by atoms with Gasteiger partial charge in [-0.2, -0.15) is 9.78 Å². The molecule has 3 aromatic rings. The molecule has 0 saturated heterocycles. The summed E-state index contributed by atoms with van der Waals surface area (Å²) >= 11 is 0. The molecule has 3 N–H and O–H groups in total. The number of nitrogens with zero attached hydrogens (tertiary/aromatic N) is 2. The summed E-state index contributed by atoms with van der Waals surface area (Å²) in [6.45, 7) is 6.91. The smallest absolute Gasteiger partial charge is 0.305 e. The second-order valence-corrected chi connectivity index (χ2v) is 9.72. The van der Waals surface area contributed by atoms with Crippen molar-refractivity contribution >= 4 is 11.9 Å². The van der Waals surface area contributed by atoms with Crippen LogP contribution in [0.1, 0.15) is 56.2 Å². The molecule has 0 bridgehead atoms. The average Bonchev–Trinajstić information content (AvgIpc) is 3.21. The third kappa shape index (κ3) is 6.25. The number of carbonyl (C=O) groups excluding carboxylic acids is 1. The zero-order valence-corrected chi connectivity index (χ0v) is 20.5. The monoisotopic (exact) mass is 501 g/mol. The Morgan fingerprint density at radius 1 is 1.08 bits per heavy atom. The Bertz CT molecular complexity index is 1250. The van der Waals surface area contributed by atoms with E-state index < -0.39 is 47.0 Å². The Morgan fingerprint density at radius 2 is 1.78 bits per heavy atom. The molecule has 0 fully saturated rings. The van der Waals surface area contributed by atoms with Crippen molar-refractivity contribution in [3.63, 3.8) is 0 Å². The van der Waals surface area contributed by atoms with Crippen LogP contribution in [0.15, 0.2) is 54.6 Å². The van der Waals surface area contributed by atoms with Crippen LogP contribution in [0.4, 0.5) is 8.78 Å². The number of amides is 1. The molecule has 1 heterocycles. The number of aliphatic hydroxyl groups is 1. The van der Waals surface area contributed by atoms with Gasteiger partial charge in [0.1, 0.15) is 29.5 Å². The number of hydrogen-bond acceptors (Lipinski definition) is 5. The van der Waals surface area contributed by atoms with Crippen molar-refractivity contribution < 1.29 is 33.3 Å². The van der Waals surface area contributed by atoms with E-state index >= 15 is 0 Å². The van der Waals surface area contributed by atoms with Gasteiger partial charge in [0.25, 0.3) is 5.91 Å². The summed E-state index contributed by atoms with van der Waals surface area (Å²) in [4.78, 5) is 24.4. The van der Waals surface area contributed by atoms with Gasteiger partial charge in [0.15, 0.2) is 5.69 Å². The first kappa shape index (κ1) is 26.8. The highest BCUT2D eigenvalue weighted by Gasteiger charge is 2.36. The molecule has 192 valence electrons. The van der Waals surface area contributed by atoms with E-state index in [9.17, 15) is 28.6 Å². The molecule has 3 rings (SSSR count). The summed E-state index contributed by atoms with van der Waals surface area (Å²) in [7, 11) is 0. The second kappa shape index (κ2) is 10.4. The number of aliphatic carboxylic acids is 1. The lowest BCUT2D eigenvalue weighted by Crippen LogP contribution is -2.45. The minimum Gasteiger partial charge on any atom is -0.481 e. The fourth-order valence-corrected chi connectivity index (χ4v) is 3.19. The van der Waals surface area contributed by atoms with Crippen LogP contribution in [0.3, 0.4) is 0 Å². The molecule has 2 aromatic carbocycles. The fraction of sp³-hybridized carbons (Fsp3) is 0.346. The lowest BCUT2D eigenvalue weighted by molar-refractivity contribution is -0.137. The van der Waals surface area contributed by atoms with Crippen molar-refractivity contribution in [2.45, 2.75) is 45.8 Å².